The Morgan fingerprint density at radius 2 is 1.07 bits per heavy atom. The minimum Gasteiger partial charge on any atom is -0.450 e. The molecule has 1 N–H and O–H groups in total. The highest BCUT2D eigenvalue weighted by Crippen LogP contribution is 2.24. The number of carbonyl (C=O) groups is 1. The number of amides is 1. The zero-order valence-corrected chi connectivity index (χ0v) is 20.6. The van der Waals surface area contributed by atoms with Crippen LogP contribution in [0.2, 0.25) is 0 Å². The van der Waals surface area contributed by atoms with Gasteiger partial charge in [-0.2, -0.15) is 0 Å². The van der Waals surface area contributed by atoms with Crippen molar-refractivity contribution in [2.24, 2.45) is 0 Å². The number of hydrogen-bond donors (Lipinski definition) is 1. The van der Waals surface area contributed by atoms with Crippen LogP contribution in [0.5, 0.6) is 0 Å². The van der Waals surface area contributed by atoms with E-state index in [1.54, 1.807) is 0 Å². The van der Waals surface area contributed by atoms with Crippen molar-refractivity contribution in [3.05, 3.63) is 0 Å². The molecule has 0 saturated carbocycles. The third kappa shape index (κ3) is 16.9. The molecule has 0 spiro atoms. The van der Waals surface area contributed by atoms with E-state index in [4.69, 9.17) is 18.9 Å². The van der Waals surface area contributed by atoms with Gasteiger partial charge in [0.1, 0.15) is 0 Å². The first-order chi connectivity index (χ1) is 14.3. The number of unbranched alkanes of at least 4 members (excludes halogenated alkanes) is 9. The maximum Gasteiger partial charge on any atom is 0.407 e. The Balaban J connectivity index is 3.58. The molecule has 0 heterocycles. The molecule has 0 fully saturated rings. The van der Waals surface area contributed by atoms with Crippen LogP contribution in [-0.4, -0.2) is 44.0 Å². The highest BCUT2D eigenvalue weighted by Gasteiger charge is 2.31. The standard InChI is InChI=1S/C24H49NO5/c1-7-28-24(29-8-2,30-9-3)20-18-16-14-12-10-11-13-15-17-19-21-27-22(26)25-23(4,5)6/h7-21H2,1-6H3,(H,25,26). The molecule has 0 bridgehead atoms. The minimum atomic E-state index is -0.852. The average Bonchev–Trinajstić information content (AvgIpc) is 2.64. The summed E-state index contributed by atoms with van der Waals surface area (Å²) >= 11 is 0. The normalized spacial score (nSPS) is 12.2. The van der Waals surface area contributed by atoms with E-state index >= 15 is 0 Å². The van der Waals surface area contributed by atoms with Crippen molar-refractivity contribution in [2.75, 3.05) is 26.4 Å². The molecule has 1 amide bonds. The summed E-state index contributed by atoms with van der Waals surface area (Å²) in [6, 6.07) is 0. The van der Waals surface area contributed by atoms with E-state index in [2.05, 4.69) is 5.32 Å². The number of carbonyl (C=O) groups excluding carboxylic acids is 1. The number of hydrogen-bond acceptors (Lipinski definition) is 5. The Kier molecular flexibility index (Phi) is 17.3. The molecule has 6 nitrogen and oxygen atoms in total. The van der Waals surface area contributed by atoms with Crippen molar-refractivity contribution >= 4 is 6.09 Å². The Morgan fingerprint density at radius 1 is 0.667 bits per heavy atom. The van der Waals surface area contributed by atoms with E-state index in [-0.39, 0.29) is 11.6 Å². The molecule has 0 aromatic carbocycles. The summed E-state index contributed by atoms with van der Waals surface area (Å²) in [4.78, 5) is 11.5. The van der Waals surface area contributed by atoms with Gasteiger partial charge < -0.3 is 24.3 Å². The molecule has 0 unspecified atom stereocenters. The van der Waals surface area contributed by atoms with Gasteiger partial charge >= 0.3 is 6.09 Å². The SMILES string of the molecule is CCOC(CCCCCCCCCCCCOC(=O)NC(C)(C)C)(OCC)OCC. The van der Waals surface area contributed by atoms with Crippen LogP contribution in [0.3, 0.4) is 0 Å². The molecule has 0 rings (SSSR count). The molecule has 0 aromatic rings. The monoisotopic (exact) mass is 431 g/mol. The van der Waals surface area contributed by atoms with Gasteiger partial charge in [-0.3, -0.25) is 0 Å². The number of ether oxygens (including phenoxy) is 4. The van der Waals surface area contributed by atoms with Gasteiger partial charge in [-0.05, 0) is 54.4 Å². The molecule has 0 aromatic heterocycles. The van der Waals surface area contributed by atoms with Crippen LogP contribution in [0.15, 0.2) is 0 Å². The van der Waals surface area contributed by atoms with Gasteiger partial charge in [-0.1, -0.05) is 51.4 Å². The van der Waals surface area contributed by atoms with Gasteiger partial charge in [0.15, 0.2) is 0 Å². The Morgan fingerprint density at radius 3 is 1.47 bits per heavy atom. The minimum absolute atomic E-state index is 0.240. The first kappa shape index (κ1) is 29.1. The van der Waals surface area contributed by atoms with Gasteiger partial charge in [0.05, 0.1) is 6.61 Å². The fourth-order valence-electron chi connectivity index (χ4n) is 3.37. The molecule has 0 atom stereocenters. The van der Waals surface area contributed by atoms with Crippen molar-refractivity contribution in [1.82, 2.24) is 5.32 Å². The zero-order valence-electron chi connectivity index (χ0n) is 20.6. The number of rotatable bonds is 19. The largest absolute Gasteiger partial charge is 0.450 e. The summed E-state index contributed by atoms with van der Waals surface area (Å²) in [5.41, 5.74) is -0.240. The van der Waals surface area contributed by atoms with Crippen molar-refractivity contribution in [3.63, 3.8) is 0 Å². The summed E-state index contributed by atoms with van der Waals surface area (Å²) in [5.74, 6) is -0.852. The van der Waals surface area contributed by atoms with E-state index in [1.807, 2.05) is 41.5 Å². The lowest BCUT2D eigenvalue weighted by Gasteiger charge is -2.32. The molecule has 0 radical (unpaired) electrons. The lowest BCUT2D eigenvalue weighted by atomic mass is 10.1. The predicted molar refractivity (Wildman–Crippen MR) is 123 cm³/mol. The van der Waals surface area contributed by atoms with Gasteiger partial charge in [0.2, 0.25) is 0 Å². The second-order valence-corrected chi connectivity index (χ2v) is 8.78. The van der Waals surface area contributed by atoms with Crippen LogP contribution < -0.4 is 5.32 Å². The van der Waals surface area contributed by atoms with Gasteiger partial charge in [0.25, 0.3) is 5.97 Å². The Hall–Kier alpha value is -0.850. The van der Waals surface area contributed by atoms with Crippen molar-refractivity contribution < 1.29 is 23.7 Å². The van der Waals surface area contributed by atoms with Crippen LogP contribution >= 0.6 is 0 Å². The van der Waals surface area contributed by atoms with E-state index < -0.39 is 5.97 Å². The van der Waals surface area contributed by atoms with Crippen LogP contribution in [0, 0.1) is 0 Å². The number of alkyl carbamates (subject to hydrolysis) is 1. The maximum absolute atomic E-state index is 11.5. The molecule has 0 aliphatic rings. The first-order valence-corrected chi connectivity index (χ1v) is 12.2. The fourth-order valence-corrected chi connectivity index (χ4v) is 3.37. The lowest BCUT2D eigenvalue weighted by Crippen LogP contribution is -2.41. The molecule has 30 heavy (non-hydrogen) atoms. The Labute approximate surface area is 185 Å². The zero-order chi connectivity index (χ0) is 22.7. The first-order valence-electron chi connectivity index (χ1n) is 12.2. The van der Waals surface area contributed by atoms with Gasteiger partial charge in [-0.25, -0.2) is 4.79 Å². The summed E-state index contributed by atoms with van der Waals surface area (Å²) in [5, 5.41) is 2.80. The smallest absolute Gasteiger partial charge is 0.407 e. The van der Waals surface area contributed by atoms with E-state index in [1.165, 1.54) is 44.9 Å². The van der Waals surface area contributed by atoms with Crippen LogP contribution in [-0.2, 0) is 18.9 Å². The molecular weight excluding hydrogens is 382 g/mol. The van der Waals surface area contributed by atoms with Crippen LogP contribution in [0.25, 0.3) is 0 Å². The summed E-state index contributed by atoms with van der Waals surface area (Å²) in [7, 11) is 0. The summed E-state index contributed by atoms with van der Waals surface area (Å²) in [6.07, 6.45) is 12.4. The molecule has 0 aliphatic heterocycles. The molecular formula is C24H49NO5. The number of nitrogens with one attached hydrogen (secondary N) is 1. The summed E-state index contributed by atoms with van der Waals surface area (Å²) < 4.78 is 22.5. The molecule has 180 valence electrons. The summed E-state index contributed by atoms with van der Waals surface area (Å²) in [6.45, 7) is 14.1. The van der Waals surface area contributed by atoms with E-state index in [0.29, 0.717) is 26.4 Å². The van der Waals surface area contributed by atoms with Crippen molar-refractivity contribution in [2.45, 2.75) is 124 Å². The molecule has 0 aliphatic carbocycles. The highest BCUT2D eigenvalue weighted by molar-refractivity contribution is 5.67. The third-order valence-corrected chi connectivity index (χ3v) is 4.68. The Bertz CT molecular complexity index is 392. The predicted octanol–water partition coefficient (Wildman–Crippen LogP) is 6.57. The second-order valence-electron chi connectivity index (χ2n) is 8.78. The maximum atomic E-state index is 11.5. The lowest BCUT2D eigenvalue weighted by molar-refractivity contribution is -0.380. The van der Waals surface area contributed by atoms with Crippen molar-refractivity contribution in [3.8, 4) is 0 Å². The molecule has 0 saturated heterocycles. The average molecular weight is 432 g/mol. The van der Waals surface area contributed by atoms with Crippen LogP contribution in [0.4, 0.5) is 4.79 Å². The van der Waals surface area contributed by atoms with E-state index in [9.17, 15) is 4.79 Å². The van der Waals surface area contributed by atoms with E-state index in [0.717, 1.165) is 25.7 Å². The fraction of sp³-hybridized carbons (Fsp3) is 0.958. The second kappa shape index (κ2) is 17.8. The van der Waals surface area contributed by atoms with Crippen LogP contribution in [0.1, 0.15) is 112 Å². The topological polar surface area (TPSA) is 66.0 Å². The quantitative estimate of drug-likeness (QED) is 0.185. The third-order valence-electron chi connectivity index (χ3n) is 4.68. The highest BCUT2D eigenvalue weighted by atomic mass is 16.9. The van der Waals surface area contributed by atoms with Crippen molar-refractivity contribution in [1.29, 1.82) is 0 Å². The van der Waals surface area contributed by atoms with Gasteiger partial charge in [-0.15, -0.1) is 0 Å². The molecule has 6 heteroatoms. The van der Waals surface area contributed by atoms with Gasteiger partial charge in [0, 0.05) is 31.8 Å².